The van der Waals surface area contributed by atoms with Gasteiger partial charge in [-0.05, 0) is 43.4 Å². The Kier molecular flexibility index (Phi) is 7.41. The molecule has 0 bridgehead atoms. The Morgan fingerprint density at radius 3 is 2.62 bits per heavy atom. The van der Waals surface area contributed by atoms with Crippen LogP contribution < -0.4 is 15.8 Å². The van der Waals surface area contributed by atoms with E-state index in [0.717, 1.165) is 36.8 Å². The summed E-state index contributed by atoms with van der Waals surface area (Å²) in [7, 11) is 1.42. The molecule has 0 saturated heterocycles. The lowest BCUT2D eigenvalue weighted by Gasteiger charge is -2.34. The molecule has 4 N–H and O–H groups in total. The van der Waals surface area contributed by atoms with Gasteiger partial charge in [0.2, 0.25) is 5.91 Å². The summed E-state index contributed by atoms with van der Waals surface area (Å²) in [6.07, 6.45) is 4.03. The number of aliphatic hydroxyl groups is 1. The van der Waals surface area contributed by atoms with Crippen molar-refractivity contribution in [2.45, 2.75) is 62.1 Å². The third-order valence-electron chi connectivity index (χ3n) is 7.77. The predicted molar refractivity (Wildman–Crippen MR) is 141 cm³/mol. The van der Waals surface area contributed by atoms with Gasteiger partial charge in [0.25, 0.3) is 0 Å². The Morgan fingerprint density at radius 2 is 1.95 bits per heavy atom. The molecule has 1 heterocycles. The Hall–Kier alpha value is -2.71. The summed E-state index contributed by atoms with van der Waals surface area (Å²) in [6, 6.07) is 13.7. The van der Waals surface area contributed by atoms with Gasteiger partial charge in [-0.2, -0.15) is 0 Å². The molecule has 3 atom stereocenters. The van der Waals surface area contributed by atoms with Crippen molar-refractivity contribution >= 4 is 23.1 Å². The summed E-state index contributed by atoms with van der Waals surface area (Å²) in [5.74, 6) is -0.136. The molecule has 0 radical (unpaired) electrons. The minimum Gasteiger partial charge on any atom is -0.481 e. The number of nitrogens with one attached hydrogen (secondary N) is 1. The van der Waals surface area contributed by atoms with E-state index in [2.05, 4.69) is 5.32 Å². The maximum Gasteiger partial charge on any atom is 0.249 e. The number of amides is 1. The monoisotopic (exact) mass is 526 g/mol. The molecular weight excluding hydrogens is 495 g/mol. The van der Waals surface area contributed by atoms with Crippen LogP contribution in [0.1, 0.15) is 42.4 Å². The molecule has 8 heteroatoms. The number of methoxy groups -OCH3 is 1. The van der Waals surface area contributed by atoms with Gasteiger partial charge >= 0.3 is 0 Å². The Morgan fingerprint density at radius 1 is 1.22 bits per heavy atom. The molecule has 5 rings (SSSR count). The van der Waals surface area contributed by atoms with E-state index in [9.17, 15) is 9.90 Å². The smallest absolute Gasteiger partial charge is 0.249 e. The van der Waals surface area contributed by atoms with Crippen LogP contribution in [0.2, 0.25) is 5.02 Å². The SMILES string of the molecule is COC1C=CC(C(N)=O)=C(c2c(Cl)ccc3c2C[C@@](CN[C@H]2CC[C@@H](O)CC2)(c2ccccc2)O3)C1F. The van der Waals surface area contributed by atoms with E-state index in [1.54, 1.807) is 12.1 Å². The predicted octanol–water partition coefficient (Wildman–Crippen LogP) is 4.23. The fourth-order valence-electron chi connectivity index (χ4n) is 5.76. The molecule has 3 aliphatic rings. The summed E-state index contributed by atoms with van der Waals surface area (Å²) in [5, 5.41) is 13.9. The van der Waals surface area contributed by atoms with E-state index in [4.69, 9.17) is 26.8 Å². The van der Waals surface area contributed by atoms with Crippen molar-refractivity contribution in [3.8, 4) is 5.75 Å². The zero-order chi connectivity index (χ0) is 26.2. The minimum absolute atomic E-state index is 0.0761. The Balaban J connectivity index is 1.56. The highest BCUT2D eigenvalue weighted by atomic mass is 35.5. The highest BCUT2D eigenvalue weighted by Crippen LogP contribution is 2.48. The molecule has 2 aromatic rings. The molecular formula is C29H32ClFN2O4. The largest absolute Gasteiger partial charge is 0.481 e. The first-order valence-corrected chi connectivity index (χ1v) is 13.1. The molecule has 37 heavy (non-hydrogen) atoms. The van der Waals surface area contributed by atoms with Crippen LogP contribution in [0, 0.1) is 0 Å². The van der Waals surface area contributed by atoms with Gasteiger partial charge < -0.3 is 25.6 Å². The van der Waals surface area contributed by atoms with Gasteiger partial charge in [0.1, 0.15) is 11.9 Å². The lowest BCUT2D eigenvalue weighted by Crippen LogP contribution is -2.47. The number of carbonyl (C=O) groups excluding carboxylic acids is 1. The molecule has 6 nitrogen and oxygen atoms in total. The van der Waals surface area contributed by atoms with Gasteiger partial charge in [-0.25, -0.2) is 4.39 Å². The van der Waals surface area contributed by atoms with E-state index in [-0.39, 0.29) is 23.3 Å². The number of fused-ring (bicyclic) bond motifs is 1. The lowest BCUT2D eigenvalue weighted by molar-refractivity contribution is -0.114. The van der Waals surface area contributed by atoms with Gasteiger partial charge in [-0.1, -0.05) is 54.1 Å². The van der Waals surface area contributed by atoms with Crippen LogP contribution in [0.5, 0.6) is 5.75 Å². The number of ether oxygens (including phenoxy) is 2. The molecule has 2 aliphatic carbocycles. The van der Waals surface area contributed by atoms with Crippen molar-refractivity contribution in [2.24, 2.45) is 5.73 Å². The van der Waals surface area contributed by atoms with Crippen molar-refractivity contribution < 1.29 is 23.8 Å². The van der Waals surface area contributed by atoms with Crippen molar-refractivity contribution in [2.75, 3.05) is 13.7 Å². The van der Waals surface area contributed by atoms with E-state index in [1.807, 2.05) is 30.3 Å². The lowest BCUT2D eigenvalue weighted by atomic mass is 9.82. The number of alkyl halides is 1. The van der Waals surface area contributed by atoms with Crippen molar-refractivity contribution in [1.82, 2.24) is 5.32 Å². The summed E-state index contributed by atoms with van der Waals surface area (Å²) < 4.78 is 27.8. The Bertz CT molecular complexity index is 1230. The first-order valence-electron chi connectivity index (χ1n) is 12.7. The minimum atomic E-state index is -1.62. The highest BCUT2D eigenvalue weighted by Gasteiger charge is 2.45. The number of halogens is 2. The number of benzene rings is 2. The summed E-state index contributed by atoms with van der Waals surface area (Å²) in [5.41, 5.74) is 7.26. The third-order valence-corrected chi connectivity index (χ3v) is 8.09. The number of rotatable bonds is 7. The average Bonchev–Trinajstić information content (AvgIpc) is 3.29. The zero-order valence-electron chi connectivity index (χ0n) is 20.8. The molecule has 2 aromatic carbocycles. The fourth-order valence-corrected chi connectivity index (χ4v) is 6.04. The molecule has 0 aromatic heterocycles. The maximum absolute atomic E-state index is 15.8. The molecule has 1 saturated carbocycles. The second-order valence-corrected chi connectivity index (χ2v) is 10.5. The van der Waals surface area contributed by atoms with Gasteiger partial charge in [-0.3, -0.25) is 4.79 Å². The first kappa shape index (κ1) is 25.9. The van der Waals surface area contributed by atoms with Crippen LogP contribution in [0.15, 0.2) is 60.2 Å². The zero-order valence-corrected chi connectivity index (χ0v) is 21.5. The molecule has 196 valence electrons. The number of hydrogen-bond donors (Lipinski definition) is 3. The third kappa shape index (κ3) is 4.93. The standard InChI is InChI=1S/C29H32ClFN2O4/c1-36-24-13-11-20(28(32)35)26(27(24)31)25-21-15-29(17-5-3-2-4-6-17,37-23(21)14-12-22(25)30)16-33-18-7-9-19(34)10-8-18/h2-6,11-14,18-19,24,27,33-34H,7-10,15-16H2,1H3,(H2,32,35)/t18-,19+,24?,27?,29-/m1/s1. The second kappa shape index (κ2) is 10.6. The summed E-state index contributed by atoms with van der Waals surface area (Å²) >= 11 is 6.71. The fraction of sp³-hybridized carbons (Fsp3) is 0.414. The van der Waals surface area contributed by atoms with Crippen LogP contribution in [0.3, 0.4) is 0 Å². The Labute approximate surface area is 221 Å². The van der Waals surface area contributed by atoms with E-state index >= 15 is 4.39 Å². The number of carbonyl (C=O) groups is 1. The molecule has 1 aliphatic heterocycles. The number of primary amides is 1. The second-order valence-electron chi connectivity index (χ2n) is 10.1. The number of nitrogens with two attached hydrogens (primary N) is 1. The van der Waals surface area contributed by atoms with E-state index in [1.165, 1.54) is 19.3 Å². The quantitative estimate of drug-likeness (QED) is 0.502. The van der Waals surface area contributed by atoms with Gasteiger partial charge in [0, 0.05) is 53.4 Å². The summed E-state index contributed by atoms with van der Waals surface area (Å²) in [4.78, 5) is 12.3. The van der Waals surface area contributed by atoms with Crippen molar-refractivity contribution in [3.63, 3.8) is 0 Å². The first-order chi connectivity index (χ1) is 17.8. The van der Waals surface area contributed by atoms with Gasteiger partial charge in [-0.15, -0.1) is 0 Å². The molecule has 2 unspecified atom stereocenters. The van der Waals surface area contributed by atoms with Crippen molar-refractivity contribution in [3.05, 3.63) is 81.9 Å². The maximum atomic E-state index is 15.8. The van der Waals surface area contributed by atoms with Gasteiger partial charge in [0.15, 0.2) is 11.8 Å². The van der Waals surface area contributed by atoms with Crippen LogP contribution >= 0.6 is 11.6 Å². The van der Waals surface area contributed by atoms with Crippen LogP contribution in [-0.4, -0.2) is 49.1 Å². The van der Waals surface area contributed by atoms with Gasteiger partial charge in [0.05, 0.1) is 6.10 Å². The van der Waals surface area contributed by atoms with Crippen molar-refractivity contribution in [1.29, 1.82) is 0 Å². The molecule has 1 amide bonds. The summed E-state index contributed by atoms with van der Waals surface area (Å²) in [6.45, 7) is 0.519. The average molecular weight is 527 g/mol. The van der Waals surface area contributed by atoms with Crippen LogP contribution in [0.4, 0.5) is 4.39 Å². The van der Waals surface area contributed by atoms with E-state index in [0.29, 0.717) is 29.3 Å². The number of aliphatic hydroxyl groups excluding tert-OH is 1. The van der Waals surface area contributed by atoms with Crippen LogP contribution in [0.25, 0.3) is 5.57 Å². The molecule has 0 spiro atoms. The highest BCUT2D eigenvalue weighted by molar-refractivity contribution is 6.33. The normalized spacial score (nSPS) is 29.2. The number of hydrogen-bond acceptors (Lipinski definition) is 5. The molecule has 1 fully saturated rings. The topological polar surface area (TPSA) is 93.8 Å². The van der Waals surface area contributed by atoms with Crippen LogP contribution in [-0.2, 0) is 21.6 Å². The van der Waals surface area contributed by atoms with E-state index < -0.39 is 23.8 Å².